The summed E-state index contributed by atoms with van der Waals surface area (Å²) in [7, 11) is 2.05. The molecule has 0 saturated carbocycles. The maximum atomic E-state index is 4.63. The zero-order valence-electron chi connectivity index (χ0n) is 13.2. The van der Waals surface area contributed by atoms with Gasteiger partial charge in [0.15, 0.2) is 0 Å². The predicted octanol–water partition coefficient (Wildman–Crippen LogP) is 2.40. The fourth-order valence-corrected chi connectivity index (χ4v) is 3.22. The minimum atomic E-state index is 0.893. The van der Waals surface area contributed by atoms with Gasteiger partial charge in [-0.3, -0.25) is 4.68 Å². The molecule has 0 atom stereocenters. The van der Waals surface area contributed by atoms with Crippen LogP contribution in [-0.2, 0) is 26.6 Å². The Kier molecular flexibility index (Phi) is 3.97. The van der Waals surface area contributed by atoms with Crippen molar-refractivity contribution in [2.24, 2.45) is 7.05 Å². The van der Waals surface area contributed by atoms with Crippen LogP contribution < -0.4 is 10.2 Å². The van der Waals surface area contributed by atoms with Crippen LogP contribution >= 0.6 is 0 Å². The van der Waals surface area contributed by atoms with E-state index in [1.807, 2.05) is 4.68 Å². The smallest absolute Gasteiger partial charge is 0.131 e. The number of hydrogen-bond acceptors (Lipinski definition) is 3. The minimum absolute atomic E-state index is 0.893. The molecule has 0 radical (unpaired) electrons. The second kappa shape index (κ2) is 5.90. The van der Waals surface area contributed by atoms with Crippen LogP contribution in [0.2, 0.25) is 0 Å². The van der Waals surface area contributed by atoms with Gasteiger partial charge in [-0.25, -0.2) is 0 Å². The third kappa shape index (κ3) is 2.68. The second-order valence-corrected chi connectivity index (χ2v) is 5.73. The molecule has 0 fully saturated rings. The first kappa shape index (κ1) is 14.1. The van der Waals surface area contributed by atoms with Crippen molar-refractivity contribution >= 4 is 5.82 Å². The normalized spacial score (nSPS) is 14.3. The average molecular weight is 284 g/mol. The van der Waals surface area contributed by atoms with Crippen LogP contribution in [0.3, 0.4) is 0 Å². The molecule has 4 nitrogen and oxygen atoms in total. The first-order valence-corrected chi connectivity index (χ1v) is 7.75. The molecule has 0 aliphatic carbocycles. The summed E-state index contributed by atoms with van der Waals surface area (Å²) in [4.78, 5) is 2.47. The third-order valence-electron chi connectivity index (χ3n) is 4.30. The molecule has 21 heavy (non-hydrogen) atoms. The molecule has 1 aromatic heterocycles. The van der Waals surface area contributed by atoms with Crippen molar-refractivity contribution in [2.45, 2.75) is 33.4 Å². The van der Waals surface area contributed by atoms with Gasteiger partial charge in [-0.2, -0.15) is 5.10 Å². The van der Waals surface area contributed by atoms with Gasteiger partial charge < -0.3 is 10.2 Å². The summed E-state index contributed by atoms with van der Waals surface area (Å²) in [5.41, 5.74) is 5.39. The largest absolute Gasteiger partial charge is 0.352 e. The SMILES string of the molecule is CCNCc1c(C)nn(C)c1N1CCc2ccccc2C1. The molecule has 1 aliphatic heterocycles. The molecule has 3 rings (SSSR count). The number of aromatic nitrogens is 2. The maximum absolute atomic E-state index is 4.63. The molecule has 0 unspecified atom stereocenters. The topological polar surface area (TPSA) is 33.1 Å². The Morgan fingerprint density at radius 1 is 1.24 bits per heavy atom. The van der Waals surface area contributed by atoms with Gasteiger partial charge in [0.25, 0.3) is 0 Å². The van der Waals surface area contributed by atoms with Gasteiger partial charge in [-0.1, -0.05) is 31.2 Å². The van der Waals surface area contributed by atoms with E-state index in [1.54, 1.807) is 0 Å². The monoisotopic (exact) mass is 284 g/mol. The zero-order chi connectivity index (χ0) is 14.8. The van der Waals surface area contributed by atoms with Crippen LogP contribution in [0.5, 0.6) is 0 Å². The highest BCUT2D eigenvalue weighted by Gasteiger charge is 2.22. The third-order valence-corrected chi connectivity index (χ3v) is 4.30. The molecule has 2 heterocycles. The van der Waals surface area contributed by atoms with Crippen LogP contribution in [0.25, 0.3) is 0 Å². The number of fused-ring (bicyclic) bond motifs is 1. The Bertz CT molecular complexity index is 630. The van der Waals surface area contributed by atoms with E-state index in [0.717, 1.165) is 38.3 Å². The Balaban J connectivity index is 1.91. The van der Waals surface area contributed by atoms with Crippen molar-refractivity contribution in [3.8, 4) is 0 Å². The van der Waals surface area contributed by atoms with Gasteiger partial charge >= 0.3 is 0 Å². The van der Waals surface area contributed by atoms with Gasteiger partial charge in [-0.15, -0.1) is 0 Å². The fraction of sp³-hybridized carbons (Fsp3) is 0.471. The number of hydrogen-bond donors (Lipinski definition) is 1. The minimum Gasteiger partial charge on any atom is -0.352 e. The Morgan fingerprint density at radius 2 is 2.00 bits per heavy atom. The molecule has 0 amide bonds. The maximum Gasteiger partial charge on any atom is 0.131 e. The van der Waals surface area contributed by atoms with Crippen LogP contribution in [0.15, 0.2) is 24.3 Å². The summed E-state index contributed by atoms with van der Waals surface area (Å²) < 4.78 is 2.04. The molecule has 0 saturated heterocycles. The highest BCUT2D eigenvalue weighted by Crippen LogP contribution is 2.28. The average Bonchev–Trinajstić information content (AvgIpc) is 2.78. The van der Waals surface area contributed by atoms with Gasteiger partial charge in [0.2, 0.25) is 0 Å². The Labute approximate surface area is 126 Å². The van der Waals surface area contributed by atoms with E-state index in [1.165, 1.54) is 22.5 Å². The van der Waals surface area contributed by atoms with Gasteiger partial charge in [0.1, 0.15) is 5.82 Å². The van der Waals surface area contributed by atoms with Crippen molar-refractivity contribution < 1.29 is 0 Å². The first-order valence-electron chi connectivity index (χ1n) is 7.75. The van der Waals surface area contributed by atoms with Crippen LogP contribution in [0, 0.1) is 6.92 Å². The summed E-state index contributed by atoms with van der Waals surface area (Å²) in [5.74, 6) is 1.27. The number of benzene rings is 1. The molecule has 1 aliphatic rings. The van der Waals surface area contributed by atoms with Crippen molar-refractivity contribution in [1.82, 2.24) is 15.1 Å². The lowest BCUT2D eigenvalue weighted by molar-refractivity contribution is 0.660. The van der Waals surface area contributed by atoms with Crippen molar-refractivity contribution in [3.63, 3.8) is 0 Å². The predicted molar refractivity (Wildman–Crippen MR) is 86.5 cm³/mol. The van der Waals surface area contributed by atoms with Gasteiger partial charge in [-0.05, 0) is 31.0 Å². The highest BCUT2D eigenvalue weighted by atomic mass is 15.4. The molecule has 1 aromatic carbocycles. The summed E-state index contributed by atoms with van der Waals surface area (Å²) in [5, 5.41) is 8.07. The lowest BCUT2D eigenvalue weighted by atomic mass is 9.99. The van der Waals surface area contributed by atoms with Gasteiger partial charge in [0, 0.05) is 32.2 Å². The van der Waals surface area contributed by atoms with Crippen molar-refractivity contribution in [3.05, 3.63) is 46.6 Å². The lowest BCUT2D eigenvalue weighted by Crippen LogP contribution is -2.33. The number of anilines is 1. The van der Waals surface area contributed by atoms with E-state index >= 15 is 0 Å². The van der Waals surface area contributed by atoms with E-state index in [-0.39, 0.29) is 0 Å². The quantitative estimate of drug-likeness (QED) is 0.936. The highest BCUT2D eigenvalue weighted by molar-refractivity contribution is 5.52. The zero-order valence-corrected chi connectivity index (χ0v) is 13.2. The molecule has 112 valence electrons. The Morgan fingerprint density at radius 3 is 2.76 bits per heavy atom. The number of rotatable bonds is 4. The molecule has 0 spiro atoms. The van der Waals surface area contributed by atoms with Gasteiger partial charge in [0.05, 0.1) is 5.69 Å². The first-order chi connectivity index (χ1) is 10.2. The van der Waals surface area contributed by atoms with Crippen molar-refractivity contribution in [2.75, 3.05) is 18.0 Å². The lowest BCUT2D eigenvalue weighted by Gasteiger charge is -2.31. The van der Waals surface area contributed by atoms with E-state index in [0.29, 0.717) is 0 Å². The summed E-state index contributed by atoms with van der Waals surface area (Å²) >= 11 is 0. The van der Waals surface area contributed by atoms with Crippen molar-refractivity contribution in [1.29, 1.82) is 0 Å². The molecule has 4 heteroatoms. The van der Waals surface area contributed by atoms with E-state index in [2.05, 4.69) is 60.5 Å². The second-order valence-electron chi connectivity index (χ2n) is 5.73. The number of aryl methyl sites for hydroxylation is 2. The number of nitrogens with one attached hydrogen (secondary N) is 1. The van der Waals surface area contributed by atoms with Crippen LogP contribution in [0.4, 0.5) is 5.82 Å². The fourth-order valence-electron chi connectivity index (χ4n) is 3.22. The van der Waals surface area contributed by atoms with E-state index < -0.39 is 0 Å². The van der Waals surface area contributed by atoms with E-state index in [4.69, 9.17) is 0 Å². The molecular formula is C17H24N4. The van der Waals surface area contributed by atoms with E-state index in [9.17, 15) is 0 Å². The van der Waals surface area contributed by atoms with Crippen LogP contribution in [-0.4, -0.2) is 22.9 Å². The molecule has 1 N–H and O–H groups in total. The summed E-state index contributed by atoms with van der Waals surface area (Å²) in [6, 6.07) is 8.77. The summed E-state index contributed by atoms with van der Waals surface area (Å²) in [6.45, 7) is 8.17. The Hall–Kier alpha value is -1.81. The van der Waals surface area contributed by atoms with Crippen LogP contribution in [0.1, 0.15) is 29.3 Å². The number of nitrogens with zero attached hydrogens (tertiary/aromatic N) is 3. The summed E-state index contributed by atoms with van der Waals surface area (Å²) in [6.07, 6.45) is 1.11. The molecular weight excluding hydrogens is 260 g/mol. The standard InChI is InChI=1S/C17H24N4/c1-4-18-11-16-13(2)19-20(3)17(16)21-10-9-14-7-5-6-8-15(14)12-21/h5-8,18H,4,9-12H2,1-3H3. The molecule has 2 aromatic rings. The molecule has 0 bridgehead atoms.